The predicted octanol–water partition coefficient (Wildman–Crippen LogP) is 2.81. The van der Waals surface area contributed by atoms with Crippen LogP contribution in [0.4, 0.5) is 0 Å². The Morgan fingerprint density at radius 3 is 2.95 bits per heavy atom. The van der Waals surface area contributed by atoms with Gasteiger partial charge in [-0.25, -0.2) is 4.98 Å². The number of hydrogen-bond acceptors (Lipinski definition) is 3. The molecule has 5 nitrogen and oxygen atoms in total. The molecule has 0 bridgehead atoms. The molecule has 2 heterocycles. The third kappa shape index (κ3) is 4.59. The van der Waals surface area contributed by atoms with Gasteiger partial charge in [0.15, 0.2) is 5.96 Å². The molecular formula is C16H25N5S. The van der Waals surface area contributed by atoms with Crippen LogP contribution >= 0.6 is 11.3 Å². The van der Waals surface area contributed by atoms with Crippen molar-refractivity contribution >= 4 is 17.3 Å². The van der Waals surface area contributed by atoms with Gasteiger partial charge in [0.1, 0.15) is 5.82 Å². The van der Waals surface area contributed by atoms with E-state index in [1.807, 2.05) is 26.5 Å². The lowest BCUT2D eigenvalue weighted by atomic mass is 10.2. The number of hydrogen-bond donors (Lipinski definition) is 1. The fraction of sp³-hybridized carbons (Fsp3) is 0.500. The lowest BCUT2D eigenvalue weighted by Gasteiger charge is -2.22. The molecule has 0 atom stereocenters. The molecule has 2 aromatic rings. The summed E-state index contributed by atoms with van der Waals surface area (Å²) in [4.78, 5) is 10.9. The first-order chi connectivity index (χ1) is 10.6. The number of rotatable bonds is 6. The number of imidazole rings is 1. The van der Waals surface area contributed by atoms with Crippen molar-refractivity contribution in [3.8, 4) is 0 Å². The number of aromatic nitrogens is 2. The van der Waals surface area contributed by atoms with E-state index in [4.69, 9.17) is 0 Å². The van der Waals surface area contributed by atoms with Crippen molar-refractivity contribution in [2.45, 2.75) is 33.5 Å². The summed E-state index contributed by atoms with van der Waals surface area (Å²) in [7, 11) is 3.86. The molecule has 22 heavy (non-hydrogen) atoms. The molecule has 0 unspecified atom stereocenters. The van der Waals surface area contributed by atoms with E-state index in [-0.39, 0.29) is 0 Å². The molecular weight excluding hydrogens is 294 g/mol. The van der Waals surface area contributed by atoms with Crippen LogP contribution in [0.5, 0.6) is 0 Å². The van der Waals surface area contributed by atoms with Crippen molar-refractivity contribution in [1.29, 1.82) is 0 Å². The highest BCUT2D eigenvalue weighted by atomic mass is 32.1. The van der Waals surface area contributed by atoms with Gasteiger partial charge in [0.25, 0.3) is 0 Å². The monoisotopic (exact) mass is 319 g/mol. The van der Waals surface area contributed by atoms with Crippen molar-refractivity contribution in [2.75, 3.05) is 14.1 Å². The van der Waals surface area contributed by atoms with Gasteiger partial charge in [-0.3, -0.25) is 4.99 Å². The smallest absolute Gasteiger partial charge is 0.194 e. The number of guanidine groups is 1. The molecule has 120 valence electrons. The molecule has 0 aliphatic rings. The Morgan fingerprint density at radius 1 is 1.50 bits per heavy atom. The second-order valence-electron chi connectivity index (χ2n) is 5.78. The quantitative estimate of drug-likeness (QED) is 0.658. The van der Waals surface area contributed by atoms with E-state index in [1.54, 1.807) is 11.3 Å². The fourth-order valence-corrected chi connectivity index (χ4v) is 3.00. The molecule has 0 fully saturated rings. The molecule has 0 radical (unpaired) electrons. The van der Waals surface area contributed by atoms with E-state index < -0.39 is 0 Å². The van der Waals surface area contributed by atoms with Crippen molar-refractivity contribution in [3.05, 3.63) is 40.6 Å². The zero-order chi connectivity index (χ0) is 15.9. The van der Waals surface area contributed by atoms with Crippen LogP contribution in [0.3, 0.4) is 0 Å². The second kappa shape index (κ2) is 7.98. The average Bonchev–Trinajstić information content (AvgIpc) is 3.11. The average molecular weight is 319 g/mol. The van der Waals surface area contributed by atoms with Crippen molar-refractivity contribution < 1.29 is 0 Å². The van der Waals surface area contributed by atoms with Crippen LogP contribution in [-0.2, 0) is 19.6 Å². The van der Waals surface area contributed by atoms with E-state index in [1.165, 1.54) is 5.56 Å². The largest absolute Gasteiger partial charge is 0.349 e. The minimum absolute atomic E-state index is 0.605. The Morgan fingerprint density at radius 2 is 2.32 bits per heavy atom. The fourth-order valence-electron chi connectivity index (χ4n) is 2.34. The predicted molar refractivity (Wildman–Crippen MR) is 93.0 cm³/mol. The number of nitrogens with one attached hydrogen (secondary N) is 1. The van der Waals surface area contributed by atoms with Gasteiger partial charge in [0.2, 0.25) is 0 Å². The molecule has 2 rings (SSSR count). The maximum Gasteiger partial charge on any atom is 0.194 e. The van der Waals surface area contributed by atoms with Crippen molar-refractivity contribution in [1.82, 2.24) is 19.8 Å². The summed E-state index contributed by atoms with van der Waals surface area (Å²) in [6.45, 7) is 6.94. The maximum absolute atomic E-state index is 4.44. The Hall–Kier alpha value is -1.82. The van der Waals surface area contributed by atoms with Crippen LogP contribution < -0.4 is 5.32 Å². The molecule has 0 saturated heterocycles. The second-order valence-corrected chi connectivity index (χ2v) is 6.56. The van der Waals surface area contributed by atoms with Gasteiger partial charge in [-0.2, -0.15) is 11.3 Å². The molecule has 0 aliphatic carbocycles. The van der Waals surface area contributed by atoms with Gasteiger partial charge in [-0.05, 0) is 28.3 Å². The summed E-state index contributed by atoms with van der Waals surface area (Å²) in [5.74, 6) is 2.53. The Labute approximate surface area is 136 Å². The summed E-state index contributed by atoms with van der Waals surface area (Å²) in [5, 5.41) is 7.66. The number of aliphatic imine (C=N–C) groups is 1. The summed E-state index contributed by atoms with van der Waals surface area (Å²) >= 11 is 1.72. The van der Waals surface area contributed by atoms with Crippen LogP contribution in [0.2, 0.25) is 0 Å². The van der Waals surface area contributed by atoms with Crippen LogP contribution in [0.25, 0.3) is 0 Å². The van der Waals surface area contributed by atoms with Crippen LogP contribution in [0.15, 0.2) is 34.2 Å². The Balaban J connectivity index is 1.92. The molecule has 2 aromatic heterocycles. The van der Waals surface area contributed by atoms with E-state index in [9.17, 15) is 0 Å². The normalized spacial score (nSPS) is 12.0. The highest BCUT2D eigenvalue weighted by Gasteiger charge is 2.09. The zero-order valence-corrected chi connectivity index (χ0v) is 14.6. The summed E-state index contributed by atoms with van der Waals surface area (Å²) in [6.07, 6.45) is 3.89. The standard InChI is InChI=1S/C16H25N5S/c1-13(2)10-21-7-6-18-15(21)9-19-16(17-3)20(4)11-14-5-8-22-12-14/h5-8,12-13H,9-11H2,1-4H3,(H,17,19). The molecule has 0 spiro atoms. The van der Waals surface area contributed by atoms with Gasteiger partial charge in [0, 0.05) is 39.6 Å². The Kier molecular flexibility index (Phi) is 6.00. The van der Waals surface area contributed by atoms with Gasteiger partial charge in [0.05, 0.1) is 6.54 Å². The molecule has 1 N–H and O–H groups in total. The SMILES string of the molecule is CN=C(NCc1nccn1CC(C)C)N(C)Cc1ccsc1. The number of thiophene rings is 1. The summed E-state index contributed by atoms with van der Waals surface area (Å²) < 4.78 is 2.20. The van der Waals surface area contributed by atoms with Crippen LogP contribution in [0, 0.1) is 5.92 Å². The van der Waals surface area contributed by atoms with Crippen molar-refractivity contribution in [2.24, 2.45) is 10.9 Å². The first kappa shape index (κ1) is 16.5. The molecule has 0 aromatic carbocycles. The van der Waals surface area contributed by atoms with Gasteiger partial charge in [-0.15, -0.1) is 0 Å². The third-order valence-electron chi connectivity index (χ3n) is 3.34. The van der Waals surface area contributed by atoms with Crippen LogP contribution in [-0.4, -0.2) is 34.5 Å². The van der Waals surface area contributed by atoms with Gasteiger partial charge in [-0.1, -0.05) is 13.8 Å². The zero-order valence-electron chi connectivity index (χ0n) is 13.8. The van der Waals surface area contributed by atoms with E-state index in [2.05, 4.69) is 55.4 Å². The molecule has 0 aliphatic heterocycles. The molecule has 0 amide bonds. The third-order valence-corrected chi connectivity index (χ3v) is 4.07. The minimum atomic E-state index is 0.605. The first-order valence-electron chi connectivity index (χ1n) is 7.53. The molecule has 6 heteroatoms. The molecule has 0 saturated carbocycles. The van der Waals surface area contributed by atoms with Crippen LogP contribution in [0.1, 0.15) is 25.2 Å². The van der Waals surface area contributed by atoms with Gasteiger partial charge >= 0.3 is 0 Å². The summed E-state index contributed by atoms with van der Waals surface area (Å²) in [5.41, 5.74) is 1.30. The Bertz CT molecular complexity index is 585. The van der Waals surface area contributed by atoms with E-state index in [0.717, 1.165) is 24.9 Å². The highest BCUT2D eigenvalue weighted by Crippen LogP contribution is 2.09. The summed E-state index contributed by atoms with van der Waals surface area (Å²) in [6, 6.07) is 2.14. The van der Waals surface area contributed by atoms with E-state index >= 15 is 0 Å². The van der Waals surface area contributed by atoms with Gasteiger partial charge < -0.3 is 14.8 Å². The lowest BCUT2D eigenvalue weighted by Crippen LogP contribution is -2.38. The van der Waals surface area contributed by atoms with Crippen molar-refractivity contribution in [3.63, 3.8) is 0 Å². The lowest BCUT2D eigenvalue weighted by molar-refractivity contribution is 0.468. The van der Waals surface area contributed by atoms with E-state index in [0.29, 0.717) is 12.5 Å². The first-order valence-corrected chi connectivity index (χ1v) is 8.47. The highest BCUT2D eigenvalue weighted by molar-refractivity contribution is 7.07. The topological polar surface area (TPSA) is 45.5 Å². The number of nitrogens with zero attached hydrogens (tertiary/aromatic N) is 4. The minimum Gasteiger partial charge on any atom is -0.349 e. The maximum atomic E-state index is 4.44.